The zero-order valence-corrected chi connectivity index (χ0v) is 20.5. The van der Waals surface area contributed by atoms with Gasteiger partial charge in [0.05, 0.1) is 11.3 Å². The maximum Gasteiger partial charge on any atom is 0.272 e. The zero-order chi connectivity index (χ0) is 23.2. The molecule has 0 saturated carbocycles. The first-order valence-corrected chi connectivity index (χ1v) is 13.1. The molecule has 0 saturated heterocycles. The van der Waals surface area contributed by atoms with Gasteiger partial charge >= 0.3 is 0 Å². The van der Waals surface area contributed by atoms with Gasteiger partial charge in [0.25, 0.3) is 5.56 Å². The summed E-state index contributed by atoms with van der Waals surface area (Å²) in [5.74, 6) is 0.175. The van der Waals surface area contributed by atoms with Crippen LogP contribution < -0.4 is 10.9 Å². The van der Waals surface area contributed by atoms with E-state index in [-0.39, 0.29) is 23.3 Å². The summed E-state index contributed by atoms with van der Waals surface area (Å²) in [7, 11) is 0. The van der Waals surface area contributed by atoms with Crippen molar-refractivity contribution < 1.29 is 4.79 Å². The normalized spacial score (nSPS) is 12.3. The molecule has 1 N–H and O–H groups in total. The fourth-order valence-electron chi connectivity index (χ4n) is 3.71. The predicted molar refractivity (Wildman–Crippen MR) is 137 cm³/mol. The second kappa shape index (κ2) is 10.9. The Morgan fingerprint density at radius 3 is 2.82 bits per heavy atom. The van der Waals surface area contributed by atoms with Crippen molar-refractivity contribution in [2.24, 2.45) is 0 Å². The minimum absolute atomic E-state index is 0.0458. The van der Waals surface area contributed by atoms with Gasteiger partial charge in [-0.15, -0.1) is 11.3 Å². The Hall–Kier alpha value is -2.71. The number of nitrogens with zero attached hydrogens (tertiary/aromatic N) is 3. The number of thiophene rings is 1. The largest absolute Gasteiger partial charge is 0.353 e. The quantitative estimate of drug-likeness (QED) is 0.254. The van der Waals surface area contributed by atoms with E-state index in [2.05, 4.69) is 29.4 Å². The monoisotopic (exact) mass is 480 g/mol. The lowest BCUT2D eigenvalue weighted by Gasteiger charge is -2.15. The molecule has 0 bridgehead atoms. The Kier molecular flexibility index (Phi) is 7.77. The maximum absolute atomic E-state index is 13.3. The van der Waals surface area contributed by atoms with E-state index in [9.17, 15) is 9.59 Å². The van der Waals surface area contributed by atoms with E-state index >= 15 is 0 Å². The van der Waals surface area contributed by atoms with Crippen LogP contribution in [-0.2, 0) is 17.8 Å². The van der Waals surface area contributed by atoms with Crippen LogP contribution in [0.4, 0.5) is 0 Å². The molecule has 0 aliphatic carbocycles. The Morgan fingerprint density at radius 2 is 2.03 bits per heavy atom. The highest BCUT2D eigenvalue weighted by molar-refractivity contribution is 7.99. The van der Waals surface area contributed by atoms with E-state index in [4.69, 9.17) is 4.98 Å². The first-order chi connectivity index (χ1) is 16.1. The van der Waals surface area contributed by atoms with E-state index in [1.165, 1.54) is 28.7 Å². The number of hydrogen-bond donors (Lipinski definition) is 1. The van der Waals surface area contributed by atoms with Gasteiger partial charge in [-0.3, -0.25) is 14.2 Å². The molecule has 33 heavy (non-hydrogen) atoms. The molecule has 4 aromatic rings. The third-order valence-corrected chi connectivity index (χ3v) is 7.57. The molecule has 0 fully saturated rings. The Balaban J connectivity index is 1.48. The molecule has 0 aliphatic rings. The average molecular weight is 481 g/mol. The van der Waals surface area contributed by atoms with Crippen LogP contribution in [0.1, 0.15) is 38.7 Å². The number of rotatable bonds is 10. The Morgan fingerprint density at radius 1 is 1.21 bits per heavy atom. The molecule has 8 heteroatoms. The standard InChI is InChI=1S/C25H28N4O2S2/c1-3-4-15-29-24(31)22-21(19-11-8-14-26-23(19)33-22)28-25(29)32-16-20(30)27-17(2)12-13-18-9-6-5-7-10-18/h5-11,14,17H,3-4,12-13,15-16H2,1-2H3,(H,27,30). The number of carbonyl (C=O) groups is 1. The van der Waals surface area contributed by atoms with Crippen LogP contribution in [0.2, 0.25) is 0 Å². The van der Waals surface area contributed by atoms with Crippen molar-refractivity contribution >= 4 is 49.4 Å². The van der Waals surface area contributed by atoms with Crippen molar-refractivity contribution in [2.75, 3.05) is 5.75 Å². The molecule has 172 valence electrons. The van der Waals surface area contributed by atoms with E-state index in [0.717, 1.165) is 35.9 Å². The van der Waals surface area contributed by atoms with E-state index in [0.29, 0.717) is 21.9 Å². The topological polar surface area (TPSA) is 76.9 Å². The van der Waals surface area contributed by atoms with Crippen molar-refractivity contribution in [1.82, 2.24) is 19.9 Å². The molecule has 6 nitrogen and oxygen atoms in total. The summed E-state index contributed by atoms with van der Waals surface area (Å²) in [6, 6.07) is 14.1. The van der Waals surface area contributed by atoms with Crippen molar-refractivity contribution in [3.8, 4) is 0 Å². The number of fused-ring (bicyclic) bond motifs is 3. The van der Waals surface area contributed by atoms with Crippen LogP contribution in [0.3, 0.4) is 0 Å². The van der Waals surface area contributed by atoms with Crippen LogP contribution in [0.5, 0.6) is 0 Å². The van der Waals surface area contributed by atoms with Crippen molar-refractivity contribution in [3.05, 3.63) is 64.6 Å². The number of hydrogen-bond acceptors (Lipinski definition) is 6. The fraction of sp³-hybridized carbons (Fsp3) is 0.360. The van der Waals surface area contributed by atoms with E-state index in [1.807, 2.05) is 37.3 Å². The number of aromatic nitrogens is 3. The van der Waals surface area contributed by atoms with Gasteiger partial charge in [-0.2, -0.15) is 0 Å². The van der Waals surface area contributed by atoms with Gasteiger partial charge in [-0.05, 0) is 43.9 Å². The molecule has 1 unspecified atom stereocenters. The second-order valence-electron chi connectivity index (χ2n) is 8.12. The van der Waals surface area contributed by atoms with Gasteiger partial charge in [-0.1, -0.05) is 55.4 Å². The predicted octanol–water partition coefficient (Wildman–Crippen LogP) is 5.04. The highest BCUT2D eigenvalue weighted by atomic mass is 32.2. The lowest BCUT2D eigenvalue weighted by molar-refractivity contribution is -0.119. The Labute approximate surface area is 201 Å². The molecule has 4 rings (SSSR count). The highest BCUT2D eigenvalue weighted by Gasteiger charge is 2.18. The van der Waals surface area contributed by atoms with Crippen LogP contribution in [0.15, 0.2) is 58.6 Å². The number of thioether (sulfide) groups is 1. The second-order valence-corrected chi connectivity index (χ2v) is 10.1. The zero-order valence-electron chi connectivity index (χ0n) is 18.9. The minimum Gasteiger partial charge on any atom is -0.353 e. The van der Waals surface area contributed by atoms with Gasteiger partial charge in [0, 0.05) is 24.2 Å². The smallest absolute Gasteiger partial charge is 0.272 e. The van der Waals surface area contributed by atoms with Gasteiger partial charge in [0.1, 0.15) is 9.53 Å². The number of pyridine rings is 1. The third-order valence-electron chi connectivity index (χ3n) is 5.50. The van der Waals surface area contributed by atoms with Crippen LogP contribution in [0, 0.1) is 0 Å². The van der Waals surface area contributed by atoms with Crippen molar-refractivity contribution in [3.63, 3.8) is 0 Å². The summed E-state index contributed by atoms with van der Waals surface area (Å²) in [5, 5.41) is 4.56. The minimum atomic E-state index is -0.0474. The average Bonchev–Trinajstić information content (AvgIpc) is 3.20. The fourth-order valence-corrected chi connectivity index (χ4v) is 5.57. The molecule has 1 aromatic carbocycles. The number of nitrogens with one attached hydrogen (secondary N) is 1. The SMILES string of the molecule is CCCCn1c(SCC(=O)NC(C)CCc2ccccc2)nc2c(sc3ncccc32)c1=O. The molecule has 3 aromatic heterocycles. The first-order valence-electron chi connectivity index (χ1n) is 11.3. The number of aryl methyl sites for hydroxylation is 1. The van der Waals surface area contributed by atoms with E-state index in [1.54, 1.807) is 10.8 Å². The summed E-state index contributed by atoms with van der Waals surface area (Å²) in [6.07, 6.45) is 5.38. The Bertz CT molecular complexity index is 1300. The molecule has 0 radical (unpaired) electrons. The molecular formula is C25H28N4O2S2. The van der Waals surface area contributed by atoms with Gasteiger partial charge in [0.15, 0.2) is 5.16 Å². The summed E-state index contributed by atoms with van der Waals surface area (Å²) in [5.41, 5.74) is 1.90. The van der Waals surface area contributed by atoms with Crippen LogP contribution in [-0.4, -0.2) is 32.2 Å². The van der Waals surface area contributed by atoms with Gasteiger partial charge in [0.2, 0.25) is 5.91 Å². The molecule has 3 heterocycles. The van der Waals surface area contributed by atoms with Crippen LogP contribution in [0.25, 0.3) is 20.4 Å². The van der Waals surface area contributed by atoms with Crippen molar-refractivity contribution in [1.29, 1.82) is 0 Å². The molecular weight excluding hydrogens is 452 g/mol. The lowest BCUT2D eigenvalue weighted by Crippen LogP contribution is -2.34. The lowest BCUT2D eigenvalue weighted by atomic mass is 10.1. The summed E-state index contributed by atoms with van der Waals surface area (Å²) in [6.45, 7) is 4.71. The summed E-state index contributed by atoms with van der Waals surface area (Å²) >= 11 is 2.71. The first kappa shape index (κ1) is 23.4. The summed E-state index contributed by atoms with van der Waals surface area (Å²) < 4.78 is 2.35. The molecule has 0 aliphatic heterocycles. The molecule has 1 amide bonds. The highest BCUT2D eigenvalue weighted by Crippen LogP contribution is 2.30. The number of carbonyl (C=O) groups excluding carboxylic acids is 1. The molecule has 0 spiro atoms. The number of amides is 1. The van der Waals surface area contributed by atoms with Crippen LogP contribution >= 0.6 is 23.1 Å². The maximum atomic E-state index is 13.3. The summed E-state index contributed by atoms with van der Waals surface area (Å²) in [4.78, 5) is 35.9. The molecule has 1 atom stereocenters. The third kappa shape index (κ3) is 5.62. The van der Waals surface area contributed by atoms with E-state index < -0.39 is 0 Å². The van der Waals surface area contributed by atoms with Crippen molar-refractivity contribution in [2.45, 2.75) is 57.3 Å². The number of benzene rings is 1. The van der Waals surface area contributed by atoms with Gasteiger partial charge in [-0.25, -0.2) is 9.97 Å². The number of unbranched alkanes of at least 4 members (excludes halogenated alkanes) is 1. The van der Waals surface area contributed by atoms with Gasteiger partial charge < -0.3 is 5.32 Å².